The van der Waals surface area contributed by atoms with Crippen LogP contribution in [-0.2, 0) is 4.79 Å². The predicted molar refractivity (Wildman–Crippen MR) is 106 cm³/mol. The Hall–Kier alpha value is -3.06. The van der Waals surface area contributed by atoms with Gasteiger partial charge in [0.25, 0.3) is 11.8 Å². The predicted octanol–water partition coefficient (Wildman–Crippen LogP) is 2.71. The highest BCUT2D eigenvalue weighted by Gasteiger charge is 2.12. The second-order valence-electron chi connectivity index (χ2n) is 5.77. The molecule has 2 aromatic rings. The summed E-state index contributed by atoms with van der Waals surface area (Å²) in [5.74, 6) is -0.622. The van der Waals surface area contributed by atoms with Crippen LogP contribution in [-0.4, -0.2) is 30.9 Å². The summed E-state index contributed by atoms with van der Waals surface area (Å²) in [4.78, 5) is 36.0. The van der Waals surface area contributed by atoms with Crippen molar-refractivity contribution in [3.8, 4) is 5.75 Å². The molecule has 0 fully saturated rings. The SMILES string of the molecule is CCOc1ccccc1C(=O)NCCCC(=O)NNC(=O)c1ccccc1Cl. The lowest BCUT2D eigenvalue weighted by Crippen LogP contribution is -2.41. The summed E-state index contributed by atoms with van der Waals surface area (Å²) in [5, 5.41) is 3.04. The molecule has 2 aromatic carbocycles. The fraction of sp³-hybridized carbons (Fsp3) is 0.250. The third-order valence-corrected chi connectivity index (χ3v) is 4.06. The molecular formula is C20H22ClN3O4. The Labute approximate surface area is 168 Å². The third-order valence-electron chi connectivity index (χ3n) is 3.73. The number of ether oxygens (including phenoxy) is 1. The van der Waals surface area contributed by atoms with E-state index < -0.39 is 5.91 Å². The third kappa shape index (κ3) is 6.28. The van der Waals surface area contributed by atoms with Gasteiger partial charge in [-0.15, -0.1) is 0 Å². The topological polar surface area (TPSA) is 96.5 Å². The fourth-order valence-electron chi connectivity index (χ4n) is 2.38. The summed E-state index contributed by atoms with van der Waals surface area (Å²) < 4.78 is 5.43. The van der Waals surface area contributed by atoms with Crippen molar-refractivity contribution < 1.29 is 19.1 Å². The number of rotatable bonds is 8. The number of hydrazine groups is 1. The first-order valence-corrected chi connectivity index (χ1v) is 9.24. The molecule has 28 heavy (non-hydrogen) atoms. The van der Waals surface area contributed by atoms with Crippen LogP contribution in [0.4, 0.5) is 0 Å². The number of carbonyl (C=O) groups excluding carboxylic acids is 3. The lowest BCUT2D eigenvalue weighted by molar-refractivity contribution is -0.121. The average Bonchev–Trinajstić information content (AvgIpc) is 2.70. The summed E-state index contributed by atoms with van der Waals surface area (Å²) in [5.41, 5.74) is 5.35. The molecule has 0 heterocycles. The summed E-state index contributed by atoms with van der Waals surface area (Å²) in [6.07, 6.45) is 0.548. The highest BCUT2D eigenvalue weighted by atomic mass is 35.5. The van der Waals surface area contributed by atoms with Gasteiger partial charge in [0, 0.05) is 13.0 Å². The summed E-state index contributed by atoms with van der Waals surface area (Å²) in [6, 6.07) is 13.5. The standard InChI is InChI=1S/C20H22ClN3O4/c1-2-28-17-11-6-4-9-15(17)19(26)22-13-7-12-18(25)23-24-20(27)14-8-3-5-10-16(14)21/h3-6,8-11H,2,7,12-13H2,1H3,(H,22,26)(H,23,25)(H,24,27). The molecule has 3 N–H and O–H groups in total. The van der Waals surface area contributed by atoms with Crippen LogP contribution in [0.3, 0.4) is 0 Å². The minimum Gasteiger partial charge on any atom is -0.493 e. The molecule has 8 heteroatoms. The van der Waals surface area contributed by atoms with Gasteiger partial charge in [-0.1, -0.05) is 35.9 Å². The van der Waals surface area contributed by atoms with Crippen LogP contribution in [0.15, 0.2) is 48.5 Å². The average molecular weight is 404 g/mol. The van der Waals surface area contributed by atoms with Crippen molar-refractivity contribution in [2.75, 3.05) is 13.2 Å². The Morgan fingerprint density at radius 3 is 2.32 bits per heavy atom. The fourth-order valence-corrected chi connectivity index (χ4v) is 2.60. The van der Waals surface area contributed by atoms with E-state index in [0.29, 0.717) is 35.9 Å². The molecule has 2 rings (SSSR count). The number of amides is 3. The quantitative estimate of drug-likeness (QED) is 0.466. The van der Waals surface area contributed by atoms with Gasteiger partial charge in [-0.25, -0.2) is 0 Å². The summed E-state index contributed by atoms with van der Waals surface area (Å²) >= 11 is 5.93. The number of nitrogens with one attached hydrogen (secondary N) is 3. The number of halogens is 1. The van der Waals surface area contributed by atoms with Gasteiger partial charge in [-0.05, 0) is 37.6 Å². The molecule has 0 unspecified atom stereocenters. The van der Waals surface area contributed by atoms with E-state index in [0.717, 1.165) is 0 Å². The molecule has 0 aliphatic rings. The van der Waals surface area contributed by atoms with Crippen LogP contribution in [0.1, 0.15) is 40.5 Å². The van der Waals surface area contributed by atoms with Crippen molar-refractivity contribution in [2.24, 2.45) is 0 Å². The van der Waals surface area contributed by atoms with Crippen LogP contribution in [0.5, 0.6) is 5.75 Å². The molecule has 7 nitrogen and oxygen atoms in total. The van der Waals surface area contributed by atoms with Crippen molar-refractivity contribution in [1.29, 1.82) is 0 Å². The van der Waals surface area contributed by atoms with E-state index in [4.69, 9.17) is 16.3 Å². The van der Waals surface area contributed by atoms with E-state index in [9.17, 15) is 14.4 Å². The normalized spacial score (nSPS) is 10.1. The van der Waals surface area contributed by atoms with Crippen molar-refractivity contribution in [3.63, 3.8) is 0 Å². The molecule has 0 aliphatic heterocycles. The van der Waals surface area contributed by atoms with Gasteiger partial charge in [0.2, 0.25) is 5.91 Å². The molecule has 0 atom stereocenters. The zero-order chi connectivity index (χ0) is 20.4. The highest BCUT2D eigenvalue weighted by molar-refractivity contribution is 6.33. The van der Waals surface area contributed by atoms with Crippen LogP contribution < -0.4 is 20.9 Å². The maximum absolute atomic E-state index is 12.2. The molecule has 3 amide bonds. The largest absolute Gasteiger partial charge is 0.493 e. The van der Waals surface area contributed by atoms with E-state index in [2.05, 4.69) is 16.2 Å². The molecule has 0 saturated carbocycles. The monoisotopic (exact) mass is 403 g/mol. The maximum Gasteiger partial charge on any atom is 0.271 e. The van der Waals surface area contributed by atoms with Gasteiger partial charge < -0.3 is 10.1 Å². The zero-order valence-electron chi connectivity index (χ0n) is 15.5. The number of benzene rings is 2. The Bertz CT molecular complexity index is 842. The molecular weight excluding hydrogens is 382 g/mol. The van der Waals surface area contributed by atoms with E-state index >= 15 is 0 Å². The van der Waals surface area contributed by atoms with Crippen LogP contribution in [0, 0.1) is 0 Å². The van der Waals surface area contributed by atoms with Gasteiger partial charge in [0.05, 0.1) is 22.8 Å². The van der Waals surface area contributed by atoms with Gasteiger partial charge in [-0.2, -0.15) is 0 Å². The summed E-state index contributed by atoms with van der Waals surface area (Å²) in [6.45, 7) is 2.62. The lowest BCUT2D eigenvalue weighted by Gasteiger charge is -2.11. The minimum atomic E-state index is -0.500. The second-order valence-corrected chi connectivity index (χ2v) is 6.18. The maximum atomic E-state index is 12.2. The molecule has 0 saturated heterocycles. The number of para-hydroxylation sites is 1. The van der Waals surface area contributed by atoms with E-state index in [1.54, 1.807) is 48.5 Å². The van der Waals surface area contributed by atoms with Crippen LogP contribution in [0.2, 0.25) is 5.02 Å². The van der Waals surface area contributed by atoms with Gasteiger partial charge in [-0.3, -0.25) is 25.2 Å². The van der Waals surface area contributed by atoms with E-state index in [1.807, 2.05) is 6.92 Å². The first-order chi connectivity index (χ1) is 13.5. The summed E-state index contributed by atoms with van der Waals surface area (Å²) in [7, 11) is 0. The highest BCUT2D eigenvalue weighted by Crippen LogP contribution is 2.17. The molecule has 0 bridgehead atoms. The molecule has 0 radical (unpaired) electrons. The van der Waals surface area contributed by atoms with E-state index in [1.165, 1.54) is 0 Å². The second kappa shape index (κ2) is 10.9. The first kappa shape index (κ1) is 21.2. The lowest BCUT2D eigenvalue weighted by atomic mass is 10.2. The number of hydrogen-bond donors (Lipinski definition) is 3. The molecule has 0 aromatic heterocycles. The Kier molecular flexibility index (Phi) is 8.30. The molecule has 148 valence electrons. The van der Waals surface area contributed by atoms with Gasteiger partial charge >= 0.3 is 0 Å². The first-order valence-electron chi connectivity index (χ1n) is 8.86. The molecule has 0 spiro atoms. The van der Waals surface area contributed by atoms with Gasteiger partial charge in [0.15, 0.2) is 0 Å². The van der Waals surface area contributed by atoms with Gasteiger partial charge in [0.1, 0.15) is 5.75 Å². The Morgan fingerprint density at radius 1 is 0.929 bits per heavy atom. The number of carbonyl (C=O) groups is 3. The van der Waals surface area contributed by atoms with Crippen molar-refractivity contribution in [2.45, 2.75) is 19.8 Å². The van der Waals surface area contributed by atoms with Crippen molar-refractivity contribution in [1.82, 2.24) is 16.2 Å². The van der Waals surface area contributed by atoms with Crippen LogP contribution in [0.25, 0.3) is 0 Å². The smallest absolute Gasteiger partial charge is 0.271 e. The Morgan fingerprint density at radius 2 is 1.61 bits per heavy atom. The Balaban J connectivity index is 1.71. The zero-order valence-corrected chi connectivity index (χ0v) is 16.2. The van der Waals surface area contributed by atoms with Crippen molar-refractivity contribution in [3.05, 3.63) is 64.7 Å². The van der Waals surface area contributed by atoms with E-state index in [-0.39, 0.29) is 23.8 Å². The van der Waals surface area contributed by atoms with Crippen molar-refractivity contribution >= 4 is 29.3 Å². The molecule has 0 aliphatic carbocycles. The minimum absolute atomic E-state index is 0.135. The van der Waals surface area contributed by atoms with Crippen LogP contribution >= 0.6 is 11.6 Å². The number of hydrogen-bond acceptors (Lipinski definition) is 4.